The minimum atomic E-state index is -1.01. The molecule has 0 fully saturated rings. The fourth-order valence-corrected chi connectivity index (χ4v) is 6.30. The summed E-state index contributed by atoms with van der Waals surface area (Å²) in [6.45, 7) is 0.314. The molecule has 1 amide bonds. The average Bonchev–Trinajstić information content (AvgIpc) is 3.40. The van der Waals surface area contributed by atoms with Gasteiger partial charge in [-0.2, -0.15) is 0 Å². The highest BCUT2D eigenvalue weighted by molar-refractivity contribution is 5.79. The molecule has 0 saturated heterocycles. The highest BCUT2D eigenvalue weighted by atomic mass is 16.5. The standard InChI is InChI=1S/C38H34N2O4/c41-36(42)35(24-25-39-37(43)44-26-34-32-22-12-10-20-30(32)31-21-11-13-23-33(31)34)40-38(27-14-4-1-5-15-27,28-16-6-2-7-17-28)29-18-8-3-9-19-29/h1-23,34-35,40H,24-26H2,(H,39,43)(H,41,42)/t35-/m0/s1. The third-order valence-corrected chi connectivity index (χ3v) is 8.36. The molecule has 5 aromatic carbocycles. The van der Waals surface area contributed by atoms with E-state index in [0.29, 0.717) is 0 Å². The third-order valence-electron chi connectivity index (χ3n) is 8.36. The number of nitrogens with one attached hydrogen (secondary N) is 2. The summed E-state index contributed by atoms with van der Waals surface area (Å²) in [5.74, 6) is -1.06. The monoisotopic (exact) mass is 582 g/mol. The highest BCUT2D eigenvalue weighted by Gasteiger charge is 2.39. The number of rotatable bonds is 11. The molecule has 6 rings (SSSR count). The van der Waals surface area contributed by atoms with Gasteiger partial charge in [-0.25, -0.2) is 4.79 Å². The van der Waals surface area contributed by atoms with E-state index in [1.807, 2.05) is 115 Å². The van der Waals surface area contributed by atoms with Crippen LogP contribution in [-0.2, 0) is 15.1 Å². The number of alkyl carbamates (subject to hydrolysis) is 1. The van der Waals surface area contributed by atoms with Gasteiger partial charge in [0.15, 0.2) is 0 Å². The Kier molecular flexibility index (Phi) is 8.52. The van der Waals surface area contributed by atoms with E-state index in [4.69, 9.17) is 4.74 Å². The molecule has 1 aliphatic carbocycles. The molecular formula is C38H34N2O4. The molecule has 220 valence electrons. The number of hydrogen-bond donors (Lipinski definition) is 3. The molecule has 5 aromatic rings. The largest absolute Gasteiger partial charge is 0.480 e. The van der Waals surface area contributed by atoms with E-state index in [9.17, 15) is 14.7 Å². The number of hydrogen-bond acceptors (Lipinski definition) is 4. The van der Waals surface area contributed by atoms with Crippen molar-refractivity contribution in [2.24, 2.45) is 0 Å². The van der Waals surface area contributed by atoms with Crippen molar-refractivity contribution < 1.29 is 19.4 Å². The summed E-state index contributed by atoms with van der Waals surface area (Å²) in [6, 6.07) is 44.9. The molecule has 44 heavy (non-hydrogen) atoms. The number of aliphatic carboxylic acids is 1. The lowest BCUT2D eigenvalue weighted by molar-refractivity contribution is -0.140. The Labute approximate surface area is 257 Å². The molecule has 1 atom stereocenters. The number of carbonyl (C=O) groups excluding carboxylic acids is 1. The van der Waals surface area contributed by atoms with Gasteiger partial charge >= 0.3 is 12.1 Å². The average molecular weight is 583 g/mol. The second-order valence-electron chi connectivity index (χ2n) is 10.9. The lowest BCUT2D eigenvalue weighted by Gasteiger charge is -2.39. The van der Waals surface area contributed by atoms with Gasteiger partial charge in [-0.1, -0.05) is 140 Å². The van der Waals surface area contributed by atoms with Gasteiger partial charge in [-0.3, -0.25) is 10.1 Å². The van der Waals surface area contributed by atoms with Crippen molar-refractivity contribution in [3.8, 4) is 11.1 Å². The molecule has 1 aliphatic rings. The Morgan fingerprint density at radius 3 is 1.55 bits per heavy atom. The first kappa shape index (κ1) is 28.9. The molecule has 3 N–H and O–H groups in total. The highest BCUT2D eigenvalue weighted by Crippen LogP contribution is 2.44. The SMILES string of the molecule is O=C(NCC[C@H](NC(c1ccccc1)(c1ccccc1)c1ccccc1)C(=O)O)OCC1c2ccccc2-c2ccccc21. The van der Waals surface area contributed by atoms with Gasteiger partial charge in [0.2, 0.25) is 0 Å². The number of carbonyl (C=O) groups is 2. The Bertz CT molecular complexity index is 1580. The van der Waals surface area contributed by atoms with Crippen molar-refractivity contribution in [3.63, 3.8) is 0 Å². The van der Waals surface area contributed by atoms with Crippen molar-refractivity contribution in [3.05, 3.63) is 167 Å². The van der Waals surface area contributed by atoms with E-state index >= 15 is 0 Å². The van der Waals surface area contributed by atoms with Crippen LogP contribution in [0.2, 0.25) is 0 Å². The Balaban J connectivity index is 1.18. The predicted octanol–water partition coefficient (Wildman–Crippen LogP) is 6.95. The molecule has 0 spiro atoms. The predicted molar refractivity (Wildman–Crippen MR) is 171 cm³/mol. The molecule has 0 unspecified atom stereocenters. The van der Waals surface area contributed by atoms with Crippen molar-refractivity contribution in [2.45, 2.75) is 23.9 Å². The molecule has 0 aromatic heterocycles. The van der Waals surface area contributed by atoms with Crippen molar-refractivity contribution >= 4 is 12.1 Å². The summed E-state index contributed by atoms with van der Waals surface area (Å²) in [6.07, 6.45) is -0.426. The second kappa shape index (κ2) is 13.0. The van der Waals surface area contributed by atoms with E-state index in [0.717, 1.165) is 38.9 Å². The molecule has 0 bridgehead atoms. The maximum absolute atomic E-state index is 12.8. The maximum atomic E-state index is 12.8. The molecule has 0 heterocycles. The van der Waals surface area contributed by atoms with Crippen molar-refractivity contribution in [1.29, 1.82) is 0 Å². The lowest BCUT2D eigenvalue weighted by atomic mass is 9.76. The van der Waals surface area contributed by atoms with Crippen LogP contribution in [-0.4, -0.2) is 36.4 Å². The smallest absolute Gasteiger partial charge is 0.407 e. The molecule has 6 nitrogen and oxygen atoms in total. The van der Waals surface area contributed by atoms with E-state index in [2.05, 4.69) is 34.9 Å². The fraction of sp³-hybridized carbons (Fsp3) is 0.158. The van der Waals surface area contributed by atoms with Crippen LogP contribution >= 0.6 is 0 Å². The van der Waals surface area contributed by atoms with E-state index in [1.54, 1.807) is 0 Å². The third kappa shape index (κ3) is 5.72. The zero-order valence-electron chi connectivity index (χ0n) is 24.2. The Hall–Kier alpha value is -5.20. The minimum absolute atomic E-state index is 0.0511. The molecule has 0 saturated carbocycles. The lowest BCUT2D eigenvalue weighted by Crippen LogP contribution is -2.53. The Morgan fingerprint density at radius 1 is 0.659 bits per heavy atom. The van der Waals surface area contributed by atoms with E-state index in [1.165, 1.54) is 0 Å². The summed E-state index contributed by atoms with van der Waals surface area (Å²) in [7, 11) is 0. The zero-order chi connectivity index (χ0) is 30.4. The van der Waals surface area contributed by atoms with Crippen LogP contribution < -0.4 is 10.6 Å². The number of carboxylic acid groups (broad SMARTS) is 1. The van der Waals surface area contributed by atoms with Gasteiger partial charge in [-0.15, -0.1) is 0 Å². The van der Waals surface area contributed by atoms with Crippen LogP contribution in [0.4, 0.5) is 4.79 Å². The maximum Gasteiger partial charge on any atom is 0.407 e. The van der Waals surface area contributed by atoms with Crippen molar-refractivity contribution in [1.82, 2.24) is 10.6 Å². The van der Waals surface area contributed by atoms with Crippen LogP contribution in [0.1, 0.15) is 40.2 Å². The van der Waals surface area contributed by atoms with E-state index < -0.39 is 23.6 Å². The van der Waals surface area contributed by atoms with Crippen LogP contribution in [0.5, 0.6) is 0 Å². The topological polar surface area (TPSA) is 87.7 Å². The fourth-order valence-electron chi connectivity index (χ4n) is 6.30. The van der Waals surface area contributed by atoms with Crippen LogP contribution in [0.3, 0.4) is 0 Å². The first-order valence-corrected chi connectivity index (χ1v) is 14.8. The summed E-state index contributed by atoms with van der Waals surface area (Å²) >= 11 is 0. The summed E-state index contributed by atoms with van der Waals surface area (Å²) in [4.78, 5) is 25.5. The van der Waals surface area contributed by atoms with Gasteiger partial charge in [0, 0.05) is 12.5 Å². The number of amides is 1. The first-order valence-electron chi connectivity index (χ1n) is 14.8. The van der Waals surface area contributed by atoms with Crippen molar-refractivity contribution in [2.75, 3.05) is 13.2 Å². The minimum Gasteiger partial charge on any atom is -0.480 e. The molecule has 6 heteroatoms. The van der Waals surface area contributed by atoms with Crippen LogP contribution in [0.15, 0.2) is 140 Å². The second-order valence-corrected chi connectivity index (χ2v) is 10.9. The van der Waals surface area contributed by atoms with Gasteiger partial charge in [0.05, 0.1) is 5.54 Å². The number of fused-ring (bicyclic) bond motifs is 3. The molecule has 0 aliphatic heterocycles. The van der Waals surface area contributed by atoms with Crippen LogP contribution in [0.25, 0.3) is 11.1 Å². The molecule has 0 radical (unpaired) electrons. The van der Waals surface area contributed by atoms with E-state index in [-0.39, 0.29) is 25.5 Å². The van der Waals surface area contributed by atoms with Gasteiger partial charge in [-0.05, 0) is 45.4 Å². The summed E-state index contributed by atoms with van der Waals surface area (Å²) in [5, 5.41) is 16.6. The van der Waals surface area contributed by atoms with Gasteiger partial charge in [0.1, 0.15) is 12.6 Å². The number of benzene rings is 5. The summed E-state index contributed by atoms with van der Waals surface area (Å²) < 4.78 is 5.67. The van der Waals surface area contributed by atoms with Crippen LogP contribution in [0, 0.1) is 0 Å². The zero-order valence-corrected chi connectivity index (χ0v) is 24.2. The Morgan fingerprint density at radius 2 is 1.09 bits per heavy atom. The normalized spacial score (nSPS) is 13.0. The summed E-state index contributed by atoms with van der Waals surface area (Å²) in [5.41, 5.74) is 6.37. The van der Waals surface area contributed by atoms with Gasteiger partial charge in [0.25, 0.3) is 0 Å². The molecular weight excluding hydrogens is 548 g/mol. The number of carboxylic acids is 1. The quantitative estimate of drug-likeness (QED) is 0.147. The van der Waals surface area contributed by atoms with Gasteiger partial charge < -0.3 is 15.2 Å². The number of ether oxygens (including phenoxy) is 1. The first-order chi connectivity index (χ1) is 21.6.